The smallest absolute Gasteiger partial charge is 0.332 e. The van der Waals surface area contributed by atoms with Crippen molar-refractivity contribution in [2.24, 2.45) is 14.1 Å². The average Bonchev–Trinajstić information content (AvgIpc) is 3.06. The third-order valence-corrected chi connectivity index (χ3v) is 5.27. The van der Waals surface area contributed by atoms with Crippen molar-refractivity contribution in [1.29, 1.82) is 0 Å². The molecule has 0 aliphatic heterocycles. The van der Waals surface area contributed by atoms with E-state index in [9.17, 15) is 14.0 Å². The fourth-order valence-electron chi connectivity index (χ4n) is 3.08. The highest BCUT2D eigenvalue weighted by Gasteiger charge is 2.21. The SMILES string of the molecule is Cn1c(=O)c2c(nc(Oc3ccc(F)cc3)n2Cc2ccc(Cl)cc2Cl)n(C)c1=O. The molecule has 0 aliphatic carbocycles. The molecule has 0 saturated carbocycles. The first-order chi connectivity index (χ1) is 14.3. The van der Waals surface area contributed by atoms with Crippen LogP contribution in [0.3, 0.4) is 0 Å². The van der Waals surface area contributed by atoms with Gasteiger partial charge in [0.1, 0.15) is 11.6 Å². The second-order valence-electron chi connectivity index (χ2n) is 6.65. The summed E-state index contributed by atoms with van der Waals surface area (Å²) < 4.78 is 22.8. The Balaban J connectivity index is 1.95. The summed E-state index contributed by atoms with van der Waals surface area (Å²) in [6.07, 6.45) is 0. The van der Waals surface area contributed by atoms with Crippen molar-refractivity contribution in [1.82, 2.24) is 18.7 Å². The lowest BCUT2D eigenvalue weighted by atomic mass is 10.2. The van der Waals surface area contributed by atoms with Crippen molar-refractivity contribution in [2.45, 2.75) is 6.54 Å². The number of nitrogens with zero attached hydrogens (tertiary/aromatic N) is 4. The third-order valence-electron chi connectivity index (χ3n) is 4.68. The lowest BCUT2D eigenvalue weighted by Crippen LogP contribution is -2.37. The highest BCUT2D eigenvalue weighted by molar-refractivity contribution is 6.35. The molecule has 4 rings (SSSR count). The third kappa shape index (κ3) is 3.48. The summed E-state index contributed by atoms with van der Waals surface area (Å²) >= 11 is 12.3. The second kappa shape index (κ2) is 7.62. The number of aryl methyl sites for hydroxylation is 1. The van der Waals surface area contributed by atoms with Crippen LogP contribution in [-0.4, -0.2) is 18.7 Å². The standard InChI is InChI=1S/C20H15Cl2FN4O3/c1-25-17-16(18(28)26(2)20(25)29)27(10-11-3-4-12(21)9-15(11)22)19(24-17)30-14-7-5-13(23)6-8-14/h3-9H,10H2,1-2H3. The van der Waals surface area contributed by atoms with Gasteiger partial charge in [-0.25, -0.2) is 9.18 Å². The van der Waals surface area contributed by atoms with Crippen molar-refractivity contribution in [2.75, 3.05) is 0 Å². The van der Waals surface area contributed by atoms with E-state index >= 15 is 0 Å². The van der Waals surface area contributed by atoms with Gasteiger partial charge in [0.25, 0.3) is 5.56 Å². The molecule has 0 fully saturated rings. The van der Waals surface area contributed by atoms with Gasteiger partial charge in [-0.2, -0.15) is 4.98 Å². The number of aromatic nitrogens is 4. The zero-order chi connectivity index (χ0) is 21.6. The van der Waals surface area contributed by atoms with Crippen LogP contribution in [0.5, 0.6) is 11.8 Å². The first-order valence-corrected chi connectivity index (χ1v) is 9.55. The Morgan fingerprint density at radius 1 is 1.03 bits per heavy atom. The summed E-state index contributed by atoms with van der Waals surface area (Å²) in [7, 11) is 2.90. The Hall–Kier alpha value is -3.10. The molecule has 0 bridgehead atoms. The van der Waals surface area contributed by atoms with Crippen molar-refractivity contribution >= 4 is 34.4 Å². The Labute approximate surface area is 179 Å². The number of rotatable bonds is 4. The summed E-state index contributed by atoms with van der Waals surface area (Å²) in [6.45, 7) is 0.135. The Morgan fingerprint density at radius 3 is 2.40 bits per heavy atom. The number of hydrogen-bond donors (Lipinski definition) is 0. The molecular weight excluding hydrogens is 434 g/mol. The normalized spacial score (nSPS) is 11.2. The van der Waals surface area contributed by atoms with Crippen molar-refractivity contribution in [3.8, 4) is 11.8 Å². The lowest BCUT2D eigenvalue weighted by molar-refractivity contribution is 0.420. The topological polar surface area (TPSA) is 71.1 Å². The second-order valence-corrected chi connectivity index (χ2v) is 7.49. The van der Waals surface area contributed by atoms with Gasteiger partial charge in [-0.1, -0.05) is 29.3 Å². The van der Waals surface area contributed by atoms with Crippen molar-refractivity contribution in [3.63, 3.8) is 0 Å². The summed E-state index contributed by atoms with van der Waals surface area (Å²) in [5, 5.41) is 0.874. The van der Waals surface area contributed by atoms with E-state index in [4.69, 9.17) is 27.9 Å². The van der Waals surface area contributed by atoms with E-state index < -0.39 is 17.1 Å². The number of imidazole rings is 1. The van der Waals surface area contributed by atoms with E-state index in [1.807, 2.05) is 0 Å². The summed E-state index contributed by atoms with van der Waals surface area (Å²) in [4.78, 5) is 29.6. The largest absolute Gasteiger partial charge is 0.425 e. The molecular formula is C20H15Cl2FN4O3. The molecule has 0 unspecified atom stereocenters. The van der Waals surface area contributed by atoms with Crippen LogP contribution in [0.1, 0.15) is 5.56 Å². The number of fused-ring (bicyclic) bond motifs is 1. The number of halogens is 3. The van der Waals surface area contributed by atoms with Gasteiger partial charge in [0, 0.05) is 24.1 Å². The number of benzene rings is 2. The maximum atomic E-state index is 13.2. The van der Waals surface area contributed by atoms with Crippen LogP contribution in [0.15, 0.2) is 52.1 Å². The minimum absolute atomic E-state index is 0.0564. The van der Waals surface area contributed by atoms with Crippen LogP contribution in [0.25, 0.3) is 11.2 Å². The predicted octanol–water partition coefficient (Wildman–Crippen LogP) is 3.72. The molecule has 0 amide bonds. The first kappa shape index (κ1) is 20.2. The molecule has 2 aromatic heterocycles. The lowest BCUT2D eigenvalue weighted by Gasteiger charge is -2.11. The molecule has 0 aliphatic rings. The molecule has 2 aromatic carbocycles. The molecule has 4 aromatic rings. The molecule has 0 spiro atoms. The zero-order valence-electron chi connectivity index (χ0n) is 15.9. The molecule has 2 heterocycles. The molecule has 30 heavy (non-hydrogen) atoms. The van der Waals surface area contributed by atoms with Crippen molar-refractivity contribution < 1.29 is 9.13 Å². The Kier molecular flexibility index (Phi) is 5.13. The zero-order valence-corrected chi connectivity index (χ0v) is 17.4. The summed E-state index contributed by atoms with van der Waals surface area (Å²) in [5.41, 5.74) is -0.0529. The fourth-order valence-corrected chi connectivity index (χ4v) is 3.55. The van der Waals surface area contributed by atoms with Gasteiger partial charge in [-0.3, -0.25) is 18.5 Å². The van der Waals surface area contributed by atoms with Gasteiger partial charge >= 0.3 is 11.7 Å². The molecule has 0 atom stereocenters. The van der Waals surface area contributed by atoms with E-state index in [1.54, 1.807) is 18.2 Å². The minimum Gasteiger partial charge on any atom is -0.425 e. The summed E-state index contributed by atoms with van der Waals surface area (Å²) in [6, 6.07) is 10.4. The highest BCUT2D eigenvalue weighted by Crippen LogP contribution is 2.28. The Bertz CT molecular complexity index is 1390. The molecule has 0 N–H and O–H groups in total. The van der Waals surface area contributed by atoms with Crippen LogP contribution < -0.4 is 16.0 Å². The van der Waals surface area contributed by atoms with Gasteiger partial charge in [0.05, 0.1) is 6.54 Å². The van der Waals surface area contributed by atoms with Crippen LogP contribution in [0.4, 0.5) is 4.39 Å². The molecule has 0 saturated heterocycles. The van der Waals surface area contributed by atoms with E-state index in [0.29, 0.717) is 21.4 Å². The summed E-state index contributed by atoms with van der Waals surface area (Å²) in [5.74, 6) is -0.1000. The first-order valence-electron chi connectivity index (χ1n) is 8.80. The van der Waals surface area contributed by atoms with Gasteiger partial charge in [0.2, 0.25) is 0 Å². The van der Waals surface area contributed by atoms with Crippen molar-refractivity contribution in [3.05, 3.63) is 84.7 Å². The average molecular weight is 449 g/mol. The van der Waals surface area contributed by atoms with Crippen LogP contribution >= 0.6 is 23.2 Å². The van der Waals surface area contributed by atoms with Crippen LogP contribution in [-0.2, 0) is 20.6 Å². The highest BCUT2D eigenvalue weighted by atomic mass is 35.5. The minimum atomic E-state index is -0.528. The molecule has 7 nitrogen and oxygen atoms in total. The van der Waals surface area contributed by atoms with Gasteiger partial charge in [-0.05, 0) is 42.0 Å². The maximum Gasteiger partial charge on any atom is 0.332 e. The molecule has 154 valence electrons. The van der Waals surface area contributed by atoms with E-state index in [1.165, 1.54) is 47.5 Å². The van der Waals surface area contributed by atoms with Gasteiger partial charge < -0.3 is 4.74 Å². The number of hydrogen-bond acceptors (Lipinski definition) is 4. The van der Waals surface area contributed by atoms with Crippen LogP contribution in [0.2, 0.25) is 10.0 Å². The number of ether oxygens (including phenoxy) is 1. The predicted molar refractivity (Wildman–Crippen MR) is 112 cm³/mol. The monoisotopic (exact) mass is 448 g/mol. The van der Waals surface area contributed by atoms with E-state index in [-0.39, 0.29) is 23.7 Å². The fraction of sp³-hybridized carbons (Fsp3) is 0.150. The molecule has 0 radical (unpaired) electrons. The van der Waals surface area contributed by atoms with Gasteiger partial charge in [0.15, 0.2) is 11.2 Å². The maximum absolute atomic E-state index is 13.2. The van der Waals surface area contributed by atoms with E-state index in [0.717, 1.165) is 4.57 Å². The van der Waals surface area contributed by atoms with Gasteiger partial charge in [-0.15, -0.1) is 0 Å². The van der Waals surface area contributed by atoms with E-state index in [2.05, 4.69) is 4.98 Å². The quantitative estimate of drug-likeness (QED) is 0.476. The van der Waals surface area contributed by atoms with Crippen LogP contribution in [0, 0.1) is 5.82 Å². The Morgan fingerprint density at radius 2 is 1.73 bits per heavy atom. The molecule has 10 heteroatoms.